The predicted octanol–water partition coefficient (Wildman–Crippen LogP) is 2.16. The molecule has 1 heterocycles. The molecule has 1 aromatic rings. The summed E-state index contributed by atoms with van der Waals surface area (Å²) in [4.78, 5) is 4.62. The molecular formula is C17H25N3O. The van der Waals surface area contributed by atoms with Crippen LogP contribution in [0.4, 0.5) is 0 Å². The van der Waals surface area contributed by atoms with Crippen LogP contribution < -0.4 is 4.74 Å². The number of benzene rings is 1. The highest BCUT2D eigenvalue weighted by Crippen LogP contribution is 2.24. The molecule has 21 heavy (non-hydrogen) atoms. The van der Waals surface area contributed by atoms with Gasteiger partial charge in [-0.3, -0.25) is 4.90 Å². The first-order valence-corrected chi connectivity index (χ1v) is 7.64. The van der Waals surface area contributed by atoms with Crippen molar-refractivity contribution in [2.45, 2.75) is 25.8 Å². The first-order chi connectivity index (χ1) is 10.1. The molecule has 1 saturated heterocycles. The molecule has 0 saturated carbocycles. The van der Waals surface area contributed by atoms with Gasteiger partial charge in [0.05, 0.1) is 12.7 Å². The second-order valence-corrected chi connectivity index (χ2v) is 5.93. The Morgan fingerprint density at radius 2 is 2.00 bits per heavy atom. The summed E-state index contributed by atoms with van der Waals surface area (Å²) in [6, 6.07) is 10.6. The summed E-state index contributed by atoms with van der Waals surface area (Å²) < 4.78 is 5.55. The van der Waals surface area contributed by atoms with Crippen molar-refractivity contribution in [2.75, 3.05) is 39.8 Å². The van der Waals surface area contributed by atoms with Gasteiger partial charge >= 0.3 is 0 Å². The van der Waals surface area contributed by atoms with Crippen LogP contribution in [0.1, 0.15) is 19.4 Å². The molecule has 1 aliphatic heterocycles. The lowest BCUT2D eigenvalue weighted by Crippen LogP contribution is -2.55. The largest absolute Gasteiger partial charge is 0.494 e. The summed E-state index contributed by atoms with van der Waals surface area (Å²) >= 11 is 0. The fraction of sp³-hybridized carbons (Fsp3) is 0.588. The minimum absolute atomic E-state index is 0.452. The second kappa shape index (κ2) is 6.93. The summed E-state index contributed by atoms with van der Waals surface area (Å²) in [5, 5.41) is 9.70. The van der Waals surface area contributed by atoms with E-state index in [9.17, 15) is 5.26 Å². The quantitative estimate of drug-likeness (QED) is 0.832. The molecule has 4 nitrogen and oxygen atoms in total. The molecule has 2 rings (SSSR count). The van der Waals surface area contributed by atoms with Crippen molar-refractivity contribution in [1.29, 1.82) is 5.26 Å². The third-order valence-electron chi connectivity index (χ3n) is 4.20. The van der Waals surface area contributed by atoms with E-state index in [0.717, 1.165) is 43.9 Å². The van der Waals surface area contributed by atoms with Gasteiger partial charge in [0.2, 0.25) is 0 Å². The monoisotopic (exact) mass is 287 g/mol. The Morgan fingerprint density at radius 3 is 2.62 bits per heavy atom. The Balaban J connectivity index is 2.10. The highest BCUT2D eigenvalue weighted by molar-refractivity contribution is 5.31. The summed E-state index contributed by atoms with van der Waals surface area (Å²) in [7, 11) is 2.13. The Bertz CT molecular complexity index is 503. The lowest BCUT2D eigenvalue weighted by Gasteiger charge is -2.41. The normalized spacial score (nSPS) is 19.7. The summed E-state index contributed by atoms with van der Waals surface area (Å²) in [5.41, 5.74) is 0.704. The van der Waals surface area contributed by atoms with E-state index >= 15 is 0 Å². The molecule has 1 atom stereocenters. The molecule has 4 heteroatoms. The third-order valence-corrected chi connectivity index (χ3v) is 4.20. The molecule has 0 N–H and O–H groups in total. The van der Waals surface area contributed by atoms with E-state index in [-0.39, 0.29) is 0 Å². The zero-order valence-electron chi connectivity index (χ0n) is 13.3. The third kappa shape index (κ3) is 3.96. The van der Waals surface area contributed by atoms with Gasteiger partial charge in [0, 0.05) is 32.6 Å². The average molecular weight is 287 g/mol. The lowest BCUT2D eigenvalue weighted by atomic mass is 9.91. The van der Waals surface area contributed by atoms with Crippen LogP contribution in [-0.4, -0.2) is 55.2 Å². The number of nitriles is 1. The van der Waals surface area contributed by atoms with E-state index in [1.54, 1.807) is 0 Å². The van der Waals surface area contributed by atoms with Crippen LogP contribution in [0.15, 0.2) is 24.3 Å². The molecule has 0 aromatic heterocycles. The van der Waals surface area contributed by atoms with Crippen molar-refractivity contribution in [3.8, 4) is 11.8 Å². The van der Waals surface area contributed by atoms with Crippen molar-refractivity contribution < 1.29 is 4.74 Å². The first kappa shape index (κ1) is 15.8. The maximum Gasteiger partial charge on any atom is 0.119 e. The van der Waals surface area contributed by atoms with Crippen LogP contribution in [-0.2, 0) is 6.42 Å². The lowest BCUT2D eigenvalue weighted by molar-refractivity contribution is 0.0835. The van der Waals surface area contributed by atoms with Crippen LogP contribution in [0.25, 0.3) is 0 Å². The summed E-state index contributed by atoms with van der Waals surface area (Å²) in [5.74, 6) is 0.883. The number of hydrogen-bond acceptors (Lipinski definition) is 4. The van der Waals surface area contributed by atoms with Crippen molar-refractivity contribution in [3.05, 3.63) is 29.8 Å². The topological polar surface area (TPSA) is 39.5 Å². The van der Waals surface area contributed by atoms with Crippen LogP contribution >= 0.6 is 0 Å². The van der Waals surface area contributed by atoms with Crippen molar-refractivity contribution in [2.24, 2.45) is 0 Å². The van der Waals surface area contributed by atoms with Gasteiger partial charge in [-0.15, -0.1) is 0 Å². The molecule has 1 aromatic carbocycles. The molecular weight excluding hydrogens is 262 g/mol. The van der Waals surface area contributed by atoms with Gasteiger partial charge in [-0.05, 0) is 38.6 Å². The molecule has 1 fully saturated rings. The number of ether oxygens (including phenoxy) is 1. The van der Waals surface area contributed by atoms with Crippen LogP contribution in [0.2, 0.25) is 0 Å². The van der Waals surface area contributed by atoms with Crippen LogP contribution in [0.5, 0.6) is 5.75 Å². The molecule has 1 aliphatic rings. The van der Waals surface area contributed by atoms with E-state index in [0.29, 0.717) is 6.61 Å². The number of piperazine rings is 1. The van der Waals surface area contributed by atoms with Crippen molar-refractivity contribution in [3.63, 3.8) is 0 Å². The average Bonchev–Trinajstić information content (AvgIpc) is 2.48. The van der Waals surface area contributed by atoms with Crippen molar-refractivity contribution >= 4 is 0 Å². The van der Waals surface area contributed by atoms with Crippen LogP contribution in [0.3, 0.4) is 0 Å². The Kier molecular flexibility index (Phi) is 5.22. The highest BCUT2D eigenvalue weighted by Gasteiger charge is 2.33. The molecule has 1 unspecified atom stereocenters. The second-order valence-electron chi connectivity index (χ2n) is 5.93. The van der Waals surface area contributed by atoms with Gasteiger partial charge in [-0.1, -0.05) is 12.1 Å². The number of rotatable bonds is 5. The number of nitrogens with zero attached hydrogens (tertiary/aromatic N) is 3. The maximum atomic E-state index is 9.70. The van der Waals surface area contributed by atoms with Gasteiger partial charge in [-0.25, -0.2) is 0 Å². The van der Waals surface area contributed by atoms with E-state index in [4.69, 9.17) is 4.74 Å². The van der Waals surface area contributed by atoms with E-state index in [1.165, 1.54) is 0 Å². The molecule has 0 amide bonds. The Labute approximate surface area is 127 Å². The standard InChI is InChI=1S/C17H25N3O/c1-4-21-16-7-5-6-15(12-16)13-17(2,14-18)20-10-8-19(3)9-11-20/h5-7,12H,4,8-11,13H2,1-3H3. The van der Waals surface area contributed by atoms with Crippen LogP contribution in [0, 0.1) is 11.3 Å². The predicted molar refractivity (Wildman–Crippen MR) is 84.4 cm³/mol. The minimum Gasteiger partial charge on any atom is -0.494 e. The zero-order valence-corrected chi connectivity index (χ0v) is 13.3. The molecule has 0 bridgehead atoms. The van der Waals surface area contributed by atoms with E-state index in [2.05, 4.69) is 35.0 Å². The van der Waals surface area contributed by atoms with Crippen molar-refractivity contribution in [1.82, 2.24) is 9.80 Å². The fourth-order valence-corrected chi connectivity index (χ4v) is 2.83. The van der Waals surface area contributed by atoms with E-state index in [1.807, 2.05) is 26.0 Å². The van der Waals surface area contributed by atoms with E-state index < -0.39 is 5.54 Å². The van der Waals surface area contributed by atoms with Gasteiger partial charge in [-0.2, -0.15) is 5.26 Å². The minimum atomic E-state index is -0.452. The van der Waals surface area contributed by atoms with Gasteiger partial charge in [0.15, 0.2) is 0 Å². The fourth-order valence-electron chi connectivity index (χ4n) is 2.83. The Hall–Kier alpha value is -1.57. The summed E-state index contributed by atoms with van der Waals surface area (Å²) in [6.07, 6.45) is 0.730. The SMILES string of the molecule is CCOc1cccc(CC(C)(C#N)N2CCN(C)CC2)c1. The maximum absolute atomic E-state index is 9.70. The number of hydrogen-bond donors (Lipinski definition) is 0. The van der Waals surface area contributed by atoms with Gasteiger partial charge in [0.25, 0.3) is 0 Å². The number of likely N-dealkylation sites (N-methyl/N-ethyl adjacent to an activating group) is 1. The first-order valence-electron chi connectivity index (χ1n) is 7.64. The zero-order chi connectivity index (χ0) is 15.3. The highest BCUT2D eigenvalue weighted by atomic mass is 16.5. The van der Waals surface area contributed by atoms with Gasteiger partial charge < -0.3 is 9.64 Å². The van der Waals surface area contributed by atoms with Gasteiger partial charge in [0.1, 0.15) is 11.3 Å². The summed E-state index contributed by atoms with van der Waals surface area (Å²) in [6.45, 7) is 8.64. The Morgan fingerprint density at radius 1 is 1.29 bits per heavy atom. The molecule has 114 valence electrons. The molecule has 0 radical (unpaired) electrons. The molecule has 0 spiro atoms. The molecule has 0 aliphatic carbocycles. The smallest absolute Gasteiger partial charge is 0.119 e.